The summed E-state index contributed by atoms with van der Waals surface area (Å²) in [4.78, 5) is 29.5. The summed E-state index contributed by atoms with van der Waals surface area (Å²) in [5, 5.41) is 4.83. The molecular weight excluding hydrogens is 462 g/mol. The first-order chi connectivity index (χ1) is 17.0. The van der Waals surface area contributed by atoms with E-state index in [1.54, 1.807) is 26.0 Å². The van der Waals surface area contributed by atoms with Crippen LogP contribution in [0, 0.1) is 0 Å². The Morgan fingerprint density at radius 2 is 2.09 bits per heavy atom. The monoisotopic (exact) mass is 495 g/mol. The van der Waals surface area contributed by atoms with Crippen molar-refractivity contribution >= 4 is 34.5 Å². The van der Waals surface area contributed by atoms with E-state index in [2.05, 4.69) is 23.5 Å². The minimum Gasteiger partial charge on any atom is -0.494 e. The number of ether oxygens (including phenoxy) is 2. The first-order valence-electron chi connectivity index (χ1n) is 12.3. The Morgan fingerprint density at radius 3 is 2.94 bits per heavy atom. The molecule has 0 saturated heterocycles. The predicted molar refractivity (Wildman–Crippen MR) is 143 cm³/mol. The standard InChI is InChI=1S/C27H33N3O4S/c1-19(2)34-27(32)30-24-18-21(10-8-20(24)9-11-26(30)31)33-16-4-3-13-28-14-15-29-23-6-5-7-25-22(23)12-17-35-25/h5-6,8-12,18-19,25,28H,3-4,7,13-17H2,1-2H3. The van der Waals surface area contributed by atoms with Gasteiger partial charge in [-0.2, -0.15) is 0 Å². The molecule has 0 spiro atoms. The van der Waals surface area contributed by atoms with Crippen molar-refractivity contribution in [3.05, 3.63) is 64.5 Å². The molecule has 2 aliphatic rings. The van der Waals surface area contributed by atoms with Crippen LogP contribution in [0.1, 0.15) is 33.1 Å². The van der Waals surface area contributed by atoms with Crippen molar-refractivity contribution in [2.75, 3.05) is 32.0 Å². The van der Waals surface area contributed by atoms with Gasteiger partial charge in [-0.15, -0.1) is 11.8 Å². The second-order valence-electron chi connectivity index (χ2n) is 8.85. The number of allylic oxidation sites excluding steroid dienone is 2. The van der Waals surface area contributed by atoms with Crippen molar-refractivity contribution in [1.29, 1.82) is 0 Å². The molecular formula is C27H33N3O4S. The van der Waals surface area contributed by atoms with Gasteiger partial charge in [-0.05, 0) is 74.9 Å². The van der Waals surface area contributed by atoms with E-state index in [9.17, 15) is 9.59 Å². The van der Waals surface area contributed by atoms with Gasteiger partial charge in [-0.25, -0.2) is 9.36 Å². The number of carbonyl (C=O) groups is 1. The third-order valence-corrected chi connectivity index (χ3v) is 7.05. The van der Waals surface area contributed by atoms with Crippen molar-refractivity contribution in [1.82, 2.24) is 9.88 Å². The summed E-state index contributed by atoms with van der Waals surface area (Å²) >= 11 is 2.00. The summed E-state index contributed by atoms with van der Waals surface area (Å²) in [6, 6.07) is 8.49. The smallest absolute Gasteiger partial charge is 0.421 e. The number of hydrogen-bond acceptors (Lipinski definition) is 7. The summed E-state index contributed by atoms with van der Waals surface area (Å²) in [6.45, 7) is 6.60. The molecule has 4 rings (SSSR count). The fourth-order valence-corrected chi connectivity index (χ4v) is 5.30. The van der Waals surface area contributed by atoms with E-state index >= 15 is 0 Å². The van der Waals surface area contributed by atoms with Crippen LogP contribution in [0.5, 0.6) is 5.75 Å². The number of aromatic nitrogens is 1. The van der Waals surface area contributed by atoms with E-state index in [4.69, 9.17) is 14.5 Å². The number of pyridine rings is 1. The highest BCUT2D eigenvalue weighted by atomic mass is 32.2. The van der Waals surface area contributed by atoms with E-state index in [-0.39, 0.29) is 6.10 Å². The van der Waals surface area contributed by atoms with Crippen molar-refractivity contribution in [3.8, 4) is 5.75 Å². The van der Waals surface area contributed by atoms with Gasteiger partial charge < -0.3 is 14.8 Å². The van der Waals surface area contributed by atoms with Crippen LogP contribution >= 0.6 is 11.8 Å². The maximum absolute atomic E-state index is 12.4. The quantitative estimate of drug-likeness (QED) is 0.486. The summed E-state index contributed by atoms with van der Waals surface area (Å²) in [6.07, 6.45) is 8.72. The molecule has 7 nitrogen and oxygen atoms in total. The Balaban J connectivity index is 1.20. The van der Waals surface area contributed by atoms with Crippen LogP contribution in [0.25, 0.3) is 10.9 Å². The number of thioether (sulfide) groups is 1. The Labute approximate surface area is 210 Å². The van der Waals surface area contributed by atoms with E-state index in [0.717, 1.165) is 60.3 Å². The normalized spacial score (nSPS) is 18.2. The zero-order valence-corrected chi connectivity index (χ0v) is 21.2. The molecule has 0 amide bonds. The van der Waals surface area contributed by atoms with Gasteiger partial charge in [0, 0.05) is 29.7 Å². The second kappa shape index (κ2) is 12.2. The highest BCUT2D eigenvalue weighted by molar-refractivity contribution is 8.00. The lowest BCUT2D eigenvalue weighted by Gasteiger charge is -2.17. The minimum atomic E-state index is -0.679. The lowest BCUT2D eigenvalue weighted by Crippen LogP contribution is -2.29. The Hall–Kier alpha value is -2.84. The lowest BCUT2D eigenvalue weighted by molar-refractivity contribution is 0.117. The molecule has 1 aromatic heterocycles. The number of aliphatic imine (C=N–C) groups is 1. The van der Waals surface area contributed by atoms with E-state index in [0.29, 0.717) is 23.1 Å². The minimum absolute atomic E-state index is 0.314. The number of hydrogen-bond donors (Lipinski definition) is 1. The molecule has 1 aliphatic heterocycles. The van der Waals surface area contributed by atoms with Gasteiger partial charge >= 0.3 is 6.09 Å². The van der Waals surface area contributed by atoms with Crippen LogP contribution < -0.4 is 15.6 Å². The van der Waals surface area contributed by atoms with Gasteiger partial charge in [-0.1, -0.05) is 12.2 Å². The number of fused-ring (bicyclic) bond motifs is 2. The molecule has 1 unspecified atom stereocenters. The third-order valence-electron chi connectivity index (χ3n) is 5.84. The predicted octanol–water partition coefficient (Wildman–Crippen LogP) is 4.59. The van der Waals surface area contributed by atoms with E-state index < -0.39 is 11.7 Å². The second-order valence-corrected chi connectivity index (χ2v) is 10.1. The number of nitrogens with one attached hydrogen (secondary N) is 1. The maximum atomic E-state index is 12.4. The molecule has 1 aliphatic carbocycles. The topological polar surface area (TPSA) is 81.9 Å². The molecule has 0 bridgehead atoms. The van der Waals surface area contributed by atoms with Crippen LogP contribution in [-0.2, 0) is 4.74 Å². The van der Waals surface area contributed by atoms with Gasteiger partial charge in [0.1, 0.15) is 5.75 Å². The molecule has 1 N–H and O–H groups in total. The van der Waals surface area contributed by atoms with Gasteiger partial charge in [-0.3, -0.25) is 9.79 Å². The van der Waals surface area contributed by atoms with Crippen LogP contribution in [0.4, 0.5) is 4.79 Å². The number of carbonyl (C=O) groups excluding carboxylic acids is 1. The molecule has 1 aromatic carbocycles. The molecule has 1 atom stereocenters. The van der Waals surface area contributed by atoms with Crippen LogP contribution in [0.2, 0.25) is 0 Å². The van der Waals surface area contributed by atoms with E-state index in [1.807, 2.05) is 23.9 Å². The molecule has 8 heteroatoms. The molecule has 0 saturated carbocycles. The molecule has 2 aromatic rings. The largest absolute Gasteiger partial charge is 0.494 e. The van der Waals surface area contributed by atoms with Crippen LogP contribution in [-0.4, -0.2) is 59.7 Å². The number of benzene rings is 1. The molecule has 35 heavy (non-hydrogen) atoms. The Kier molecular flexibility index (Phi) is 8.82. The fraction of sp³-hybridized carbons (Fsp3) is 0.444. The highest BCUT2D eigenvalue weighted by Gasteiger charge is 2.24. The summed E-state index contributed by atoms with van der Waals surface area (Å²) < 4.78 is 12.2. The third kappa shape index (κ3) is 6.64. The molecule has 186 valence electrons. The zero-order valence-electron chi connectivity index (χ0n) is 20.4. The van der Waals surface area contributed by atoms with Crippen molar-refractivity contribution in [2.45, 2.75) is 44.5 Å². The summed E-state index contributed by atoms with van der Waals surface area (Å²) in [5.74, 6) is 1.72. The van der Waals surface area contributed by atoms with E-state index in [1.165, 1.54) is 11.6 Å². The molecule has 2 heterocycles. The highest BCUT2D eigenvalue weighted by Crippen LogP contribution is 2.33. The molecule has 0 radical (unpaired) electrons. The Morgan fingerprint density at radius 1 is 1.23 bits per heavy atom. The van der Waals surface area contributed by atoms with Crippen LogP contribution in [0.15, 0.2) is 63.9 Å². The number of unbranched alkanes of at least 4 members (excludes halogenated alkanes) is 1. The zero-order chi connectivity index (χ0) is 24.6. The van der Waals surface area contributed by atoms with Crippen molar-refractivity contribution in [2.24, 2.45) is 4.99 Å². The fourth-order valence-electron chi connectivity index (χ4n) is 4.15. The van der Waals surface area contributed by atoms with Crippen molar-refractivity contribution < 1.29 is 14.3 Å². The average molecular weight is 496 g/mol. The Bertz CT molecular complexity index is 1200. The van der Waals surface area contributed by atoms with Gasteiger partial charge in [0.2, 0.25) is 0 Å². The first-order valence-corrected chi connectivity index (χ1v) is 13.3. The maximum Gasteiger partial charge on any atom is 0.421 e. The van der Waals surface area contributed by atoms with Crippen LogP contribution in [0.3, 0.4) is 0 Å². The SMILES string of the molecule is CC(C)OC(=O)n1c(=O)ccc2ccc(OCCCCNCCN=C3C=CCC4SCC=C34)cc21. The van der Waals surface area contributed by atoms with Crippen molar-refractivity contribution in [3.63, 3.8) is 0 Å². The van der Waals surface area contributed by atoms with Gasteiger partial charge in [0.05, 0.1) is 30.5 Å². The summed E-state index contributed by atoms with van der Waals surface area (Å²) in [7, 11) is 0. The lowest BCUT2D eigenvalue weighted by atomic mass is 9.98. The van der Waals surface area contributed by atoms with Gasteiger partial charge in [0.25, 0.3) is 5.56 Å². The molecule has 0 fully saturated rings. The summed E-state index contributed by atoms with van der Waals surface area (Å²) in [5.41, 5.74) is 2.63. The van der Waals surface area contributed by atoms with Gasteiger partial charge in [0.15, 0.2) is 0 Å². The number of nitrogens with zero attached hydrogens (tertiary/aromatic N) is 2. The average Bonchev–Trinajstić information content (AvgIpc) is 3.32. The number of rotatable bonds is 10. The first kappa shape index (κ1) is 25.3.